The Kier molecular flexibility index (Phi) is 2.95. The molecule has 1 unspecified atom stereocenters. The fourth-order valence-electron chi connectivity index (χ4n) is 2.02. The summed E-state index contributed by atoms with van der Waals surface area (Å²) in [4.78, 5) is 18.1. The fourth-order valence-corrected chi connectivity index (χ4v) is 2.02. The molecule has 3 heteroatoms. The number of anilines is 1. The maximum Gasteiger partial charge on any atom is 0.228 e. The van der Waals surface area contributed by atoms with Gasteiger partial charge >= 0.3 is 0 Å². The van der Waals surface area contributed by atoms with E-state index in [1.807, 2.05) is 18.2 Å². The van der Waals surface area contributed by atoms with Crippen molar-refractivity contribution in [2.75, 3.05) is 11.4 Å². The quantitative estimate of drug-likeness (QED) is 0.764. The van der Waals surface area contributed by atoms with Crippen molar-refractivity contribution in [3.63, 3.8) is 0 Å². The Morgan fingerprint density at radius 3 is 2.75 bits per heavy atom. The molecular formula is C13H18N2O. The molecule has 1 saturated heterocycles. The standard InChI is InChI=1S/C13H18N2O/c1-9(2)11-5-4-6-12(14-11)15-8-10(3)7-13(15)16/h4-6,9-10H,7-8H2,1-3H3. The van der Waals surface area contributed by atoms with Gasteiger partial charge in [0.1, 0.15) is 5.82 Å². The Hall–Kier alpha value is -1.38. The molecule has 1 aliphatic heterocycles. The molecule has 2 rings (SSSR count). The highest BCUT2D eigenvalue weighted by molar-refractivity contribution is 5.94. The highest BCUT2D eigenvalue weighted by atomic mass is 16.2. The highest BCUT2D eigenvalue weighted by Gasteiger charge is 2.28. The summed E-state index contributed by atoms with van der Waals surface area (Å²) in [6.45, 7) is 7.12. The maximum atomic E-state index is 11.8. The second-order valence-electron chi connectivity index (χ2n) is 4.89. The lowest BCUT2D eigenvalue weighted by Crippen LogP contribution is -2.25. The third-order valence-corrected chi connectivity index (χ3v) is 2.94. The minimum Gasteiger partial charge on any atom is -0.297 e. The summed E-state index contributed by atoms with van der Waals surface area (Å²) in [6.07, 6.45) is 0.646. The van der Waals surface area contributed by atoms with Gasteiger partial charge in [-0.25, -0.2) is 4.98 Å². The van der Waals surface area contributed by atoms with Crippen LogP contribution in [-0.4, -0.2) is 17.4 Å². The van der Waals surface area contributed by atoms with Crippen LogP contribution in [0.1, 0.15) is 38.8 Å². The van der Waals surface area contributed by atoms with Crippen molar-refractivity contribution >= 4 is 11.7 Å². The lowest BCUT2D eigenvalue weighted by molar-refractivity contribution is -0.117. The van der Waals surface area contributed by atoms with Crippen LogP contribution in [0.2, 0.25) is 0 Å². The number of rotatable bonds is 2. The van der Waals surface area contributed by atoms with Gasteiger partial charge in [-0.15, -0.1) is 0 Å². The number of amides is 1. The monoisotopic (exact) mass is 218 g/mol. The Morgan fingerprint density at radius 2 is 2.19 bits per heavy atom. The van der Waals surface area contributed by atoms with E-state index in [2.05, 4.69) is 25.8 Å². The van der Waals surface area contributed by atoms with Gasteiger partial charge in [0.25, 0.3) is 0 Å². The van der Waals surface area contributed by atoms with Crippen molar-refractivity contribution in [2.24, 2.45) is 5.92 Å². The van der Waals surface area contributed by atoms with E-state index in [9.17, 15) is 4.79 Å². The van der Waals surface area contributed by atoms with E-state index in [0.717, 1.165) is 18.1 Å². The van der Waals surface area contributed by atoms with Gasteiger partial charge < -0.3 is 0 Å². The second-order valence-corrected chi connectivity index (χ2v) is 4.89. The number of aromatic nitrogens is 1. The van der Waals surface area contributed by atoms with Gasteiger partial charge in [-0.1, -0.05) is 26.8 Å². The van der Waals surface area contributed by atoms with Crippen molar-refractivity contribution in [1.29, 1.82) is 0 Å². The van der Waals surface area contributed by atoms with E-state index < -0.39 is 0 Å². The third kappa shape index (κ3) is 2.08. The first-order valence-electron chi connectivity index (χ1n) is 5.85. The van der Waals surface area contributed by atoms with Crippen LogP contribution in [0.25, 0.3) is 0 Å². The molecule has 1 aliphatic rings. The zero-order valence-electron chi connectivity index (χ0n) is 10.1. The molecule has 2 heterocycles. The number of pyridine rings is 1. The summed E-state index contributed by atoms with van der Waals surface area (Å²) in [7, 11) is 0. The smallest absolute Gasteiger partial charge is 0.228 e. The minimum absolute atomic E-state index is 0.195. The predicted octanol–water partition coefficient (Wildman–Crippen LogP) is 2.58. The molecule has 1 aromatic rings. The number of carbonyl (C=O) groups is 1. The van der Waals surface area contributed by atoms with Crippen LogP contribution >= 0.6 is 0 Å². The third-order valence-electron chi connectivity index (χ3n) is 2.94. The molecule has 3 nitrogen and oxygen atoms in total. The van der Waals surface area contributed by atoms with E-state index >= 15 is 0 Å². The predicted molar refractivity (Wildman–Crippen MR) is 64.5 cm³/mol. The van der Waals surface area contributed by atoms with E-state index in [1.165, 1.54) is 0 Å². The molecule has 1 aromatic heterocycles. The zero-order valence-corrected chi connectivity index (χ0v) is 10.1. The van der Waals surface area contributed by atoms with Gasteiger partial charge in [0.15, 0.2) is 0 Å². The summed E-state index contributed by atoms with van der Waals surface area (Å²) in [5.41, 5.74) is 1.05. The summed E-state index contributed by atoms with van der Waals surface area (Å²) in [5, 5.41) is 0. The minimum atomic E-state index is 0.195. The molecular weight excluding hydrogens is 200 g/mol. The average molecular weight is 218 g/mol. The summed E-state index contributed by atoms with van der Waals surface area (Å²) in [6, 6.07) is 5.91. The molecule has 1 fully saturated rings. The van der Waals surface area contributed by atoms with Crippen LogP contribution < -0.4 is 4.90 Å². The largest absolute Gasteiger partial charge is 0.297 e. The lowest BCUT2D eigenvalue weighted by atomic mass is 10.1. The molecule has 0 radical (unpaired) electrons. The maximum absolute atomic E-state index is 11.8. The molecule has 0 aliphatic carbocycles. The van der Waals surface area contributed by atoms with Crippen LogP contribution in [-0.2, 0) is 4.79 Å². The van der Waals surface area contributed by atoms with E-state index in [4.69, 9.17) is 0 Å². The molecule has 1 amide bonds. The Bertz CT molecular complexity index is 401. The number of hydrogen-bond donors (Lipinski definition) is 0. The molecule has 0 aromatic carbocycles. The number of nitrogens with zero attached hydrogens (tertiary/aromatic N) is 2. The van der Waals surface area contributed by atoms with Gasteiger partial charge in [0, 0.05) is 18.7 Å². The molecule has 16 heavy (non-hydrogen) atoms. The van der Waals surface area contributed by atoms with E-state index in [0.29, 0.717) is 18.3 Å². The van der Waals surface area contributed by atoms with Crippen molar-refractivity contribution < 1.29 is 4.79 Å². The van der Waals surface area contributed by atoms with Crippen LogP contribution in [0.3, 0.4) is 0 Å². The molecule has 86 valence electrons. The summed E-state index contributed by atoms with van der Waals surface area (Å²) >= 11 is 0. The van der Waals surface area contributed by atoms with Crippen LogP contribution in [0.5, 0.6) is 0 Å². The first-order valence-corrected chi connectivity index (χ1v) is 5.85. The highest BCUT2D eigenvalue weighted by Crippen LogP contribution is 2.24. The molecule has 0 saturated carbocycles. The number of hydrogen-bond acceptors (Lipinski definition) is 2. The average Bonchev–Trinajstić information content (AvgIpc) is 2.58. The van der Waals surface area contributed by atoms with Gasteiger partial charge in [0.05, 0.1) is 0 Å². The first kappa shape index (κ1) is 11.1. The Labute approximate surface area is 96.5 Å². The van der Waals surface area contributed by atoms with Gasteiger partial charge in [-0.3, -0.25) is 9.69 Å². The van der Waals surface area contributed by atoms with Gasteiger partial charge in [-0.05, 0) is 24.0 Å². The topological polar surface area (TPSA) is 33.2 Å². The Balaban J connectivity index is 2.27. The molecule has 0 bridgehead atoms. The Morgan fingerprint density at radius 1 is 1.44 bits per heavy atom. The molecule has 0 N–H and O–H groups in total. The van der Waals surface area contributed by atoms with Crippen molar-refractivity contribution in [3.8, 4) is 0 Å². The van der Waals surface area contributed by atoms with Crippen molar-refractivity contribution in [2.45, 2.75) is 33.1 Å². The lowest BCUT2D eigenvalue weighted by Gasteiger charge is -2.16. The zero-order chi connectivity index (χ0) is 11.7. The van der Waals surface area contributed by atoms with Crippen LogP contribution in [0, 0.1) is 5.92 Å². The molecule has 0 spiro atoms. The van der Waals surface area contributed by atoms with E-state index in [1.54, 1.807) is 4.90 Å². The van der Waals surface area contributed by atoms with Crippen LogP contribution in [0.4, 0.5) is 5.82 Å². The number of carbonyl (C=O) groups excluding carboxylic acids is 1. The second kappa shape index (κ2) is 4.24. The van der Waals surface area contributed by atoms with Gasteiger partial charge in [0.2, 0.25) is 5.91 Å². The normalized spacial score (nSPS) is 20.9. The molecule has 1 atom stereocenters. The van der Waals surface area contributed by atoms with E-state index in [-0.39, 0.29) is 5.91 Å². The summed E-state index contributed by atoms with van der Waals surface area (Å²) < 4.78 is 0. The summed E-state index contributed by atoms with van der Waals surface area (Å²) in [5.74, 6) is 1.84. The first-order chi connectivity index (χ1) is 7.58. The van der Waals surface area contributed by atoms with Crippen LogP contribution in [0.15, 0.2) is 18.2 Å². The van der Waals surface area contributed by atoms with Crippen molar-refractivity contribution in [3.05, 3.63) is 23.9 Å². The van der Waals surface area contributed by atoms with Crippen molar-refractivity contribution in [1.82, 2.24) is 4.98 Å². The van der Waals surface area contributed by atoms with Gasteiger partial charge in [-0.2, -0.15) is 0 Å². The SMILES string of the molecule is CC1CC(=O)N(c2cccc(C(C)C)n2)C1. The fraction of sp³-hybridized carbons (Fsp3) is 0.538.